The fourth-order valence-corrected chi connectivity index (χ4v) is 9.01. The molecule has 0 bridgehead atoms. The molecule has 0 spiro atoms. The summed E-state index contributed by atoms with van der Waals surface area (Å²) >= 11 is 0. The standard InChI is InChI=1S/C46H29N5O/c1-46-21-9-8-16-42(46)51(40-14-6-4-12-38(40)46)43-30(27-49)22-28(25-47)23-37(43)32-18-17-31(24-29(32)26-48)50-39-13-5-2-10-33(39)35-19-20-36-34-11-3-7-15-41(34)52-45(36)44(35)50/h2-24,36,42,45H,1H3. The van der Waals surface area contributed by atoms with Crippen molar-refractivity contribution in [1.29, 1.82) is 15.8 Å². The number of nitriles is 3. The molecule has 4 unspecified atom stereocenters. The summed E-state index contributed by atoms with van der Waals surface area (Å²) < 4.78 is 8.90. The van der Waals surface area contributed by atoms with Gasteiger partial charge in [-0.3, -0.25) is 0 Å². The average molecular weight is 668 g/mol. The number of ether oxygens (including phenoxy) is 1. The number of aromatic nitrogens is 1. The van der Waals surface area contributed by atoms with Crippen molar-refractivity contribution in [2.45, 2.75) is 30.4 Å². The molecule has 6 heteroatoms. The quantitative estimate of drug-likeness (QED) is 0.187. The Balaban J connectivity index is 1.19. The van der Waals surface area contributed by atoms with Crippen LogP contribution in [-0.4, -0.2) is 10.6 Å². The third kappa shape index (κ3) is 3.97. The SMILES string of the molecule is CC12C=CC=CC1N(c1c(C#N)cc(C#N)cc1-c1ccc(-n3c4c(c5ccccc53)C=CC3c5ccccc5OC43)cc1C#N)c1ccccc12. The summed E-state index contributed by atoms with van der Waals surface area (Å²) in [6, 6.07) is 41.3. The Morgan fingerprint density at radius 1 is 0.750 bits per heavy atom. The van der Waals surface area contributed by atoms with Crippen LogP contribution in [0.25, 0.3) is 33.8 Å². The molecule has 1 aromatic heterocycles. The lowest BCUT2D eigenvalue weighted by Crippen LogP contribution is -2.39. The first-order chi connectivity index (χ1) is 25.5. The molecule has 0 amide bonds. The van der Waals surface area contributed by atoms with E-state index in [1.165, 1.54) is 5.56 Å². The molecular formula is C46H29N5O. The Kier molecular flexibility index (Phi) is 6.29. The fourth-order valence-electron chi connectivity index (χ4n) is 9.01. The molecule has 3 heterocycles. The van der Waals surface area contributed by atoms with Gasteiger partial charge in [-0.25, -0.2) is 0 Å². The van der Waals surface area contributed by atoms with E-state index in [9.17, 15) is 15.8 Å². The minimum absolute atomic E-state index is 0.0693. The highest BCUT2D eigenvalue weighted by Crippen LogP contribution is 2.55. The van der Waals surface area contributed by atoms with Crippen molar-refractivity contribution in [3.05, 3.63) is 173 Å². The van der Waals surface area contributed by atoms with Crippen LogP contribution >= 0.6 is 0 Å². The summed E-state index contributed by atoms with van der Waals surface area (Å²) in [6.07, 6.45) is 12.7. The molecule has 0 saturated carbocycles. The third-order valence-corrected chi connectivity index (χ3v) is 11.3. The Morgan fingerprint density at radius 3 is 2.42 bits per heavy atom. The second kappa shape index (κ2) is 11.0. The van der Waals surface area contributed by atoms with Crippen molar-refractivity contribution in [1.82, 2.24) is 4.57 Å². The van der Waals surface area contributed by atoms with Gasteiger partial charge in [-0.15, -0.1) is 0 Å². The highest BCUT2D eigenvalue weighted by atomic mass is 16.5. The maximum Gasteiger partial charge on any atom is 0.150 e. The maximum atomic E-state index is 10.9. The van der Waals surface area contributed by atoms with Gasteiger partial charge >= 0.3 is 0 Å². The summed E-state index contributed by atoms with van der Waals surface area (Å²) in [5.74, 6) is 0.959. The van der Waals surface area contributed by atoms with Gasteiger partial charge in [0.25, 0.3) is 0 Å². The number of hydrogen-bond donors (Lipinski definition) is 0. The predicted octanol–water partition coefficient (Wildman–Crippen LogP) is 10.1. The van der Waals surface area contributed by atoms with Gasteiger partial charge in [-0.1, -0.05) is 97.1 Å². The first-order valence-corrected chi connectivity index (χ1v) is 17.4. The molecule has 0 fully saturated rings. The molecule has 0 N–H and O–H groups in total. The number of benzene rings is 5. The van der Waals surface area contributed by atoms with Gasteiger partial charge < -0.3 is 14.2 Å². The van der Waals surface area contributed by atoms with Crippen LogP contribution in [0.1, 0.15) is 58.0 Å². The highest BCUT2D eigenvalue weighted by Gasteiger charge is 2.47. The Bertz CT molecular complexity index is 2760. The second-order valence-electron chi connectivity index (χ2n) is 14.0. The van der Waals surface area contributed by atoms with E-state index >= 15 is 0 Å². The molecule has 10 rings (SSSR count). The molecule has 244 valence electrons. The largest absolute Gasteiger partial charge is 0.483 e. The van der Waals surface area contributed by atoms with E-state index < -0.39 is 0 Å². The Hall–Kier alpha value is -7.07. The Labute approximate surface area is 301 Å². The number of rotatable bonds is 3. The lowest BCUT2D eigenvalue weighted by Gasteiger charge is -2.36. The fraction of sp³-hybridized carbons (Fsp3) is 0.109. The van der Waals surface area contributed by atoms with Crippen LogP contribution in [-0.2, 0) is 5.41 Å². The minimum atomic E-state index is -0.339. The van der Waals surface area contributed by atoms with E-state index in [1.54, 1.807) is 6.07 Å². The zero-order valence-electron chi connectivity index (χ0n) is 28.2. The normalized spacial score (nSPS) is 21.3. The van der Waals surface area contributed by atoms with Crippen LogP contribution < -0.4 is 9.64 Å². The molecule has 0 radical (unpaired) electrons. The predicted molar refractivity (Wildman–Crippen MR) is 202 cm³/mol. The number of nitrogens with zero attached hydrogens (tertiary/aromatic N) is 5. The van der Waals surface area contributed by atoms with Crippen LogP contribution in [0.2, 0.25) is 0 Å². The van der Waals surface area contributed by atoms with Crippen LogP contribution in [0.15, 0.2) is 134 Å². The van der Waals surface area contributed by atoms with Gasteiger partial charge in [0.15, 0.2) is 0 Å². The highest BCUT2D eigenvalue weighted by molar-refractivity contribution is 5.96. The molecule has 4 atom stereocenters. The second-order valence-corrected chi connectivity index (χ2v) is 14.0. The molecular weight excluding hydrogens is 639 g/mol. The summed E-state index contributed by atoms with van der Waals surface area (Å²) in [6.45, 7) is 2.22. The molecule has 2 aliphatic carbocycles. The maximum absolute atomic E-state index is 10.9. The van der Waals surface area contributed by atoms with Crippen molar-refractivity contribution in [2.75, 3.05) is 4.90 Å². The van der Waals surface area contributed by atoms with Gasteiger partial charge in [0.1, 0.15) is 17.9 Å². The van der Waals surface area contributed by atoms with Crippen LogP contribution in [0.5, 0.6) is 5.75 Å². The number of anilines is 2. The first-order valence-electron chi connectivity index (χ1n) is 17.4. The summed E-state index contributed by atoms with van der Waals surface area (Å²) in [5.41, 5.74) is 10.2. The average Bonchev–Trinajstić information content (AvgIpc) is 3.83. The van der Waals surface area contributed by atoms with E-state index in [2.05, 4.69) is 107 Å². The lowest BCUT2D eigenvalue weighted by atomic mass is 9.76. The zero-order valence-corrected chi connectivity index (χ0v) is 28.2. The smallest absolute Gasteiger partial charge is 0.150 e. The van der Waals surface area contributed by atoms with E-state index in [4.69, 9.17) is 4.74 Å². The van der Waals surface area contributed by atoms with Crippen molar-refractivity contribution in [3.63, 3.8) is 0 Å². The summed E-state index contributed by atoms with van der Waals surface area (Å²) in [5, 5.41) is 32.7. The van der Waals surface area contributed by atoms with Crippen molar-refractivity contribution in [3.8, 4) is 40.8 Å². The molecule has 52 heavy (non-hydrogen) atoms. The van der Waals surface area contributed by atoms with Crippen molar-refractivity contribution >= 4 is 28.4 Å². The zero-order chi connectivity index (χ0) is 35.1. The van der Waals surface area contributed by atoms with E-state index in [0.717, 1.165) is 44.8 Å². The number of allylic oxidation sites excluding steroid dienone is 2. The van der Waals surface area contributed by atoms with Crippen molar-refractivity contribution < 1.29 is 4.74 Å². The topological polar surface area (TPSA) is 88.8 Å². The monoisotopic (exact) mass is 667 g/mol. The molecule has 2 aliphatic heterocycles. The summed E-state index contributed by atoms with van der Waals surface area (Å²) in [7, 11) is 0. The molecule has 6 nitrogen and oxygen atoms in total. The van der Waals surface area contributed by atoms with Gasteiger partial charge in [-0.2, -0.15) is 15.8 Å². The number of fused-ring (bicyclic) bond motifs is 10. The van der Waals surface area contributed by atoms with Gasteiger partial charge in [-0.05, 0) is 55.0 Å². The van der Waals surface area contributed by atoms with Crippen LogP contribution in [0, 0.1) is 34.0 Å². The van der Waals surface area contributed by atoms with Gasteiger partial charge in [0.2, 0.25) is 0 Å². The van der Waals surface area contributed by atoms with Crippen LogP contribution in [0.4, 0.5) is 11.4 Å². The first kappa shape index (κ1) is 29.8. The molecule has 6 aromatic rings. The van der Waals surface area contributed by atoms with Gasteiger partial charge in [0, 0.05) is 50.3 Å². The van der Waals surface area contributed by atoms with Crippen molar-refractivity contribution in [2.24, 2.45) is 0 Å². The molecule has 5 aromatic carbocycles. The number of hydrogen-bond acceptors (Lipinski definition) is 5. The number of para-hydroxylation sites is 3. The third-order valence-electron chi connectivity index (χ3n) is 11.3. The van der Waals surface area contributed by atoms with E-state index in [1.807, 2.05) is 60.7 Å². The molecule has 0 saturated heterocycles. The Morgan fingerprint density at radius 2 is 1.56 bits per heavy atom. The van der Waals surface area contributed by atoms with E-state index in [0.29, 0.717) is 33.5 Å². The minimum Gasteiger partial charge on any atom is -0.483 e. The summed E-state index contributed by atoms with van der Waals surface area (Å²) in [4.78, 5) is 2.22. The molecule has 4 aliphatic rings. The van der Waals surface area contributed by atoms with Gasteiger partial charge in [0.05, 0.1) is 51.8 Å². The lowest BCUT2D eigenvalue weighted by molar-refractivity contribution is 0.216. The van der Waals surface area contributed by atoms with Crippen LogP contribution in [0.3, 0.4) is 0 Å². The van der Waals surface area contributed by atoms with E-state index in [-0.39, 0.29) is 23.5 Å².